The molecule has 0 saturated carbocycles. The number of nitrogens with zero attached hydrogens (tertiary/aromatic N) is 2. The molecule has 5 rings (SSSR count). The van der Waals surface area contributed by atoms with Crippen LogP contribution in [0.1, 0.15) is 46.5 Å². The minimum atomic E-state index is -4.41. The van der Waals surface area contributed by atoms with Gasteiger partial charge in [-0.25, -0.2) is 0 Å². The van der Waals surface area contributed by atoms with E-state index in [0.29, 0.717) is 53.5 Å². The van der Waals surface area contributed by atoms with Gasteiger partial charge in [-0.1, -0.05) is 41.9 Å². The van der Waals surface area contributed by atoms with Crippen LogP contribution in [-0.4, -0.2) is 47.8 Å². The van der Waals surface area contributed by atoms with Gasteiger partial charge in [0.25, 0.3) is 5.91 Å². The first-order valence-electron chi connectivity index (χ1n) is 12.8. The Balaban J connectivity index is 1.11. The SMILES string of the molecule is O=C(/C=C/c1cccc(C(F)(F)F)c1)N1CCC(C2CCN(C(=O)c3sc4ccccc4c3Cl)CC2)CC1. The van der Waals surface area contributed by atoms with Crippen molar-refractivity contribution in [3.63, 3.8) is 0 Å². The van der Waals surface area contributed by atoms with Crippen molar-refractivity contribution in [3.05, 3.63) is 75.6 Å². The number of benzene rings is 2. The molecule has 2 aromatic carbocycles. The molecule has 2 aliphatic heterocycles. The predicted octanol–water partition coefficient (Wildman–Crippen LogP) is 7.38. The molecule has 0 aliphatic carbocycles. The van der Waals surface area contributed by atoms with E-state index < -0.39 is 11.7 Å². The summed E-state index contributed by atoms with van der Waals surface area (Å²) in [5, 5.41) is 1.46. The van der Waals surface area contributed by atoms with Crippen molar-refractivity contribution >= 4 is 50.9 Å². The first kappa shape index (κ1) is 26.8. The van der Waals surface area contributed by atoms with Crippen LogP contribution in [0.15, 0.2) is 54.6 Å². The fraction of sp³-hybridized carbons (Fsp3) is 0.379. The van der Waals surface area contributed by atoms with E-state index in [-0.39, 0.29) is 11.8 Å². The van der Waals surface area contributed by atoms with E-state index in [1.807, 2.05) is 29.2 Å². The van der Waals surface area contributed by atoms with Crippen LogP contribution in [0.5, 0.6) is 0 Å². The van der Waals surface area contributed by atoms with Crippen LogP contribution in [0.2, 0.25) is 5.02 Å². The second kappa shape index (κ2) is 11.1. The molecule has 3 aromatic rings. The van der Waals surface area contributed by atoms with Crippen molar-refractivity contribution in [3.8, 4) is 0 Å². The average molecular weight is 561 g/mol. The minimum Gasteiger partial charge on any atom is -0.339 e. The molecule has 38 heavy (non-hydrogen) atoms. The highest BCUT2D eigenvalue weighted by atomic mass is 35.5. The maximum atomic E-state index is 13.2. The zero-order valence-corrected chi connectivity index (χ0v) is 22.3. The van der Waals surface area contributed by atoms with Crippen molar-refractivity contribution in [1.29, 1.82) is 0 Å². The lowest BCUT2D eigenvalue weighted by Crippen LogP contribution is -2.43. The fourth-order valence-corrected chi connectivity index (χ4v) is 7.03. The number of amides is 2. The second-order valence-corrected chi connectivity index (χ2v) is 11.4. The molecule has 0 unspecified atom stereocenters. The molecule has 1 aromatic heterocycles. The number of likely N-dealkylation sites (tertiary alicyclic amines) is 2. The molecule has 9 heteroatoms. The van der Waals surface area contributed by atoms with Crippen molar-refractivity contribution in [2.75, 3.05) is 26.2 Å². The third kappa shape index (κ3) is 5.76. The summed E-state index contributed by atoms with van der Waals surface area (Å²) in [5.74, 6) is 0.829. The van der Waals surface area contributed by atoms with Gasteiger partial charge in [0.1, 0.15) is 4.88 Å². The molecule has 4 nitrogen and oxygen atoms in total. The van der Waals surface area contributed by atoms with E-state index in [9.17, 15) is 22.8 Å². The molecule has 3 heterocycles. The molecular weight excluding hydrogens is 533 g/mol. The summed E-state index contributed by atoms with van der Waals surface area (Å²) in [5.41, 5.74) is -0.381. The molecule has 2 saturated heterocycles. The van der Waals surface area contributed by atoms with Crippen LogP contribution in [-0.2, 0) is 11.0 Å². The lowest BCUT2D eigenvalue weighted by molar-refractivity contribution is -0.137. The van der Waals surface area contributed by atoms with Crippen LogP contribution in [0, 0.1) is 11.8 Å². The number of piperidine rings is 2. The molecule has 0 radical (unpaired) electrons. The van der Waals surface area contributed by atoms with Gasteiger partial charge >= 0.3 is 6.18 Å². The largest absolute Gasteiger partial charge is 0.416 e. The van der Waals surface area contributed by atoms with Crippen LogP contribution in [0.4, 0.5) is 13.2 Å². The number of hydrogen-bond acceptors (Lipinski definition) is 3. The third-order valence-electron chi connectivity index (χ3n) is 7.71. The topological polar surface area (TPSA) is 40.6 Å². The lowest BCUT2D eigenvalue weighted by Gasteiger charge is -2.40. The van der Waals surface area contributed by atoms with Crippen molar-refractivity contribution in [2.24, 2.45) is 11.8 Å². The summed E-state index contributed by atoms with van der Waals surface area (Å²) < 4.78 is 39.8. The van der Waals surface area contributed by atoms with E-state index in [1.165, 1.54) is 29.6 Å². The van der Waals surface area contributed by atoms with E-state index in [0.717, 1.165) is 47.9 Å². The van der Waals surface area contributed by atoms with Gasteiger partial charge in [0.2, 0.25) is 5.91 Å². The van der Waals surface area contributed by atoms with Crippen molar-refractivity contribution < 1.29 is 22.8 Å². The Morgan fingerprint density at radius 3 is 2.16 bits per heavy atom. The molecule has 0 N–H and O–H groups in total. The Labute approximate surface area is 228 Å². The molecule has 0 atom stereocenters. The number of fused-ring (bicyclic) bond motifs is 1. The smallest absolute Gasteiger partial charge is 0.339 e. The maximum absolute atomic E-state index is 13.2. The Morgan fingerprint density at radius 1 is 0.895 bits per heavy atom. The number of alkyl halides is 3. The first-order valence-corrected chi connectivity index (χ1v) is 14.0. The van der Waals surface area contributed by atoms with Crippen LogP contribution in [0.3, 0.4) is 0 Å². The Morgan fingerprint density at radius 2 is 1.53 bits per heavy atom. The minimum absolute atomic E-state index is 0.00243. The number of carbonyl (C=O) groups excluding carboxylic acids is 2. The molecule has 0 spiro atoms. The average Bonchev–Trinajstić information content (AvgIpc) is 3.27. The number of carbonyl (C=O) groups is 2. The Hall–Kier alpha value is -2.84. The van der Waals surface area contributed by atoms with Gasteiger partial charge in [-0.15, -0.1) is 11.3 Å². The Bertz CT molecular complexity index is 1350. The molecule has 2 aliphatic rings. The normalized spacial score (nSPS) is 18.0. The number of halogens is 4. The molecule has 2 amide bonds. The summed E-state index contributed by atoms with van der Waals surface area (Å²) in [7, 11) is 0. The molecule has 200 valence electrons. The molecular formula is C29H28ClF3N2O2S. The zero-order chi connectivity index (χ0) is 26.9. The standard InChI is InChI=1S/C29H28ClF3N2O2S/c30-26-23-6-1-2-7-24(23)38-27(26)28(37)35-16-12-21(13-17-35)20-10-14-34(15-11-20)25(36)9-8-19-4-3-5-22(18-19)29(31,32)33/h1-9,18,20-21H,10-17H2/b9-8+. The van der Waals surface area contributed by atoms with Crippen molar-refractivity contribution in [1.82, 2.24) is 9.80 Å². The van der Waals surface area contributed by atoms with E-state index in [4.69, 9.17) is 11.6 Å². The first-order chi connectivity index (χ1) is 18.2. The summed E-state index contributed by atoms with van der Waals surface area (Å²) in [6.45, 7) is 2.67. The van der Waals surface area contributed by atoms with Gasteiger partial charge in [0, 0.05) is 42.3 Å². The summed E-state index contributed by atoms with van der Waals surface area (Å²) in [6.07, 6.45) is 2.04. The number of thiophene rings is 1. The molecule has 2 fully saturated rings. The fourth-order valence-electron chi connectivity index (χ4n) is 5.55. The Kier molecular flexibility index (Phi) is 7.82. The van der Waals surface area contributed by atoms with E-state index in [1.54, 1.807) is 11.0 Å². The highest BCUT2D eigenvalue weighted by molar-refractivity contribution is 7.21. The van der Waals surface area contributed by atoms with Gasteiger partial charge in [0.15, 0.2) is 0 Å². The summed E-state index contributed by atoms with van der Waals surface area (Å²) in [4.78, 5) is 30.1. The van der Waals surface area contributed by atoms with Crippen LogP contribution in [0.25, 0.3) is 16.2 Å². The highest BCUT2D eigenvalue weighted by Gasteiger charge is 2.33. The number of hydrogen-bond donors (Lipinski definition) is 0. The maximum Gasteiger partial charge on any atom is 0.416 e. The van der Waals surface area contributed by atoms with Gasteiger partial charge in [-0.3, -0.25) is 9.59 Å². The monoisotopic (exact) mass is 560 g/mol. The summed E-state index contributed by atoms with van der Waals surface area (Å²) in [6, 6.07) is 12.7. The van der Waals surface area contributed by atoms with E-state index >= 15 is 0 Å². The van der Waals surface area contributed by atoms with Gasteiger partial charge in [0.05, 0.1) is 10.6 Å². The van der Waals surface area contributed by atoms with Crippen LogP contribution >= 0.6 is 22.9 Å². The second-order valence-electron chi connectivity index (χ2n) is 9.99. The predicted molar refractivity (Wildman–Crippen MR) is 145 cm³/mol. The quantitative estimate of drug-likeness (QED) is 0.312. The van der Waals surface area contributed by atoms with E-state index in [2.05, 4.69) is 0 Å². The lowest BCUT2D eigenvalue weighted by atomic mass is 9.78. The third-order valence-corrected chi connectivity index (χ3v) is 9.37. The highest BCUT2D eigenvalue weighted by Crippen LogP contribution is 2.38. The van der Waals surface area contributed by atoms with Crippen LogP contribution < -0.4 is 0 Å². The summed E-state index contributed by atoms with van der Waals surface area (Å²) >= 11 is 7.97. The number of rotatable bonds is 4. The van der Waals surface area contributed by atoms with Gasteiger partial charge in [-0.05, 0) is 67.4 Å². The zero-order valence-electron chi connectivity index (χ0n) is 20.7. The molecule has 0 bridgehead atoms. The van der Waals surface area contributed by atoms with Crippen molar-refractivity contribution in [2.45, 2.75) is 31.9 Å². The van der Waals surface area contributed by atoms with Gasteiger partial charge in [-0.2, -0.15) is 13.2 Å². The van der Waals surface area contributed by atoms with Gasteiger partial charge < -0.3 is 9.80 Å².